The molecule has 2 aromatic heterocycles. The number of carbonyl (C=O) groups excluding carboxylic acids is 1. The molecule has 3 heterocycles. The standard InChI is InChI=1S/C20H24N4OS/c1-23-17-8-3-2-7-16(17)22-19(23)14-24-10-4-6-15(13-24)12-21-20(25)18-9-5-11-26-18/h2-3,5,7-9,11,15H,4,6,10,12-14H2,1H3,(H,21,25)/t15-/m0/s1. The van der Waals surface area contributed by atoms with E-state index in [4.69, 9.17) is 4.98 Å². The minimum Gasteiger partial charge on any atom is -0.351 e. The van der Waals surface area contributed by atoms with Gasteiger partial charge in [0.05, 0.1) is 22.5 Å². The molecule has 0 spiro atoms. The van der Waals surface area contributed by atoms with Gasteiger partial charge >= 0.3 is 0 Å². The van der Waals surface area contributed by atoms with Gasteiger partial charge in [0.25, 0.3) is 5.91 Å². The number of carbonyl (C=O) groups is 1. The van der Waals surface area contributed by atoms with Gasteiger partial charge in [0.1, 0.15) is 5.82 Å². The fourth-order valence-electron chi connectivity index (χ4n) is 3.73. The number of imidazole rings is 1. The SMILES string of the molecule is Cn1c(CN2CCC[C@@H](CNC(=O)c3cccs3)C2)nc2ccccc21. The number of benzene rings is 1. The molecule has 6 heteroatoms. The Morgan fingerprint density at radius 1 is 1.31 bits per heavy atom. The van der Waals surface area contributed by atoms with Crippen LogP contribution in [0.25, 0.3) is 11.0 Å². The summed E-state index contributed by atoms with van der Waals surface area (Å²) in [5.41, 5.74) is 2.24. The van der Waals surface area contributed by atoms with Crippen LogP contribution in [-0.2, 0) is 13.6 Å². The zero-order valence-corrected chi connectivity index (χ0v) is 15.8. The molecule has 0 bridgehead atoms. The summed E-state index contributed by atoms with van der Waals surface area (Å²) in [6, 6.07) is 12.1. The maximum Gasteiger partial charge on any atom is 0.261 e. The first-order chi connectivity index (χ1) is 12.7. The lowest BCUT2D eigenvalue weighted by Gasteiger charge is -2.32. The van der Waals surface area contributed by atoms with Gasteiger partial charge < -0.3 is 9.88 Å². The highest BCUT2D eigenvalue weighted by Gasteiger charge is 2.22. The number of para-hydroxylation sites is 2. The van der Waals surface area contributed by atoms with Crippen molar-refractivity contribution in [2.45, 2.75) is 19.4 Å². The number of piperidine rings is 1. The molecule has 1 amide bonds. The number of aromatic nitrogens is 2. The highest BCUT2D eigenvalue weighted by atomic mass is 32.1. The van der Waals surface area contributed by atoms with Crippen molar-refractivity contribution in [3.8, 4) is 0 Å². The van der Waals surface area contributed by atoms with E-state index >= 15 is 0 Å². The first kappa shape index (κ1) is 17.2. The Morgan fingerprint density at radius 2 is 2.19 bits per heavy atom. The summed E-state index contributed by atoms with van der Waals surface area (Å²) in [4.78, 5) is 20.2. The van der Waals surface area contributed by atoms with E-state index in [0.717, 1.165) is 42.4 Å². The Morgan fingerprint density at radius 3 is 3.00 bits per heavy atom. The first-order valence-corrected chi connectivity index (χ1v) is 10.0. The zero-order chi connectivity index (χ0) is 17.9. The van der Waals surface area contributed by atoms with E-state index in [1.165, 1.54) is 29.7 Å². The molecule has 1 aliphatic rings. The van der Waals surface area contributed by atoms with E-state index in [-0.39, 0.29) is 5.91 Å². The fourth-order valence-corrected chi connectivity index (χ4v) is 4.37. The van der Waals surface area contributed by atoms with Gasteiger partial charge in [0.2, 0.25) is 0 Å². The number of likely N-dealkylation sites (tertiary alicyclic amines) is 1. The zero-order valence-electron chi connectivity index (χ0n) is 15.0. The van der Waals surface area contributed by atoms with E-state index in [1.54, 1.807) is 0 Å². The Balaban J connectivity index is 1.36. The van der Waals surface area contributed by atoms with Crippen molar-refractivity contribution in [1.29, 1.82) is 0 Å². The Hall–Kier alpha value is -2.18. The Kier molecular flexibility index (Phi) is 5.04. The van der Waals surface area contributed by atoms with Gasteiger partial charge in [-0.05, 0) is 48.9 Å². The summed E-state index contributed by atoms with van der Waals surface area (Å²) < 4.78 is 2.19. The molecular formula is C20H24N4OS. The molecule has 136 valence electrons. The van der Waals surface area contributed by atoms with Gasteiger partial charge in [-0.15, -0.1) is 11.3 Å². The number of aryl methyl sites for hydroxylation is 1. The molecule has 1 aromatic carbocycles. The van der Waals surface area contributed by atoms with Crippen LogP contribution in [0.15, 0.2) is 41.8 Å². The molecule has 5 nitrogen and oxygen atoms in total. The van der Waals surface area contributed by atoms with Gasteiger partial charge in [0.15, 0.2) is 0 Å². The molecule has 0 aliphatic carbocycles. The summed E-state index contributed by atoms with van der Waals surface area (Å²) in [5, 5.41) is 5.03. The van der Waals surface area contributed by atoms with Crippen LogP contribution in [-0.4, -0.2) is 40.0 Å². The predicted molar refractivity (Wildman–Crippen MR) is 105 cm³/mol. The minimum absolute atomic E-state index is 0.0486. The lowest BCUT2D eigenvalue weighted by Crippen LogP contribution is -2.40. The lowest BCUT2D eigenvalue weighted by molar-refractivity contribution is 0.0933. The van der Waals surface area contributed by atoms with E-state index in [0.29, 0.717) is 5.92 Å². The fraction of sp³-hybridized carbons (Fsp3) is 0.400. The van der Waals surface area contributed by atoms with Crippen LogP contribution in [0.3, 0.4) is 0 Å². The number of hydrogen-bond acceptors (Lipinski definition) is 4. The smallest absolute Gasteiger partial charge is 0.261 e. The molecule has 1 aliphatic heterocycles. The monoisotopic (exact) mass is 368 g/mol. The van der Waals surface area contributed by atoms with Gasteiger partial charge in [-0.3, -0.25) is 9.69 Å². The number of hydrogen-bond donors (Lipinski definition) is 1. The average Bonchev–Trinajstić information content (AvgIpc) is 3.30. The molecule has 1 N–H and O–H groups in total. The first-order valence-electron chi connectivity index (χ1n) is 9.15. The van der Waals surface area contributed by atoms with Crippen LogP contribution in [0.1, 0.15) is 28.3 Å². The second-order valence-electron chi connectivity index (χ2n) is 7.01. The van der Waals surface area contributed by atoms with Crippen LogP contribution in [0.2, 0.25) is 0 Å². The second kappa shape index (κ2) is 7.60. The highest BCUT2D eigenvalue weighted by Crippen LogP contribution is 2.20. The van der Waals surface area contributed by atoms with Gasteiger partial charge in [-0.2, -0.15) is 0 Å². The number of nitrogens with one attached hydrogen (secondary N) is 1. The van der Waals surface area contributed by atoms with Crippen LogP contribution in [0, 0.1) is 5.92 Å². The molecule has 0 unspecified atom stereocenters. The van der Waals surface area contributed by atoms with E-state index < -0.39 is 0 Å². The van der Waals surface area contributed by atoms with Crippen LogP contribution >= 0.6 is 11.3 Å². The summed E-state index contributed by atoms with van der Waals surface area (Å²) in [5.74, 6) is 1.66. The van der Waals surface area contributed by atoms with Crippen molar-refractivity contribution < 1.29 is 4.79 Å². The summed E-state index contributed by atoms with van der Waals surface area (Å²) in [6.45, 7) is 3.71. The summed E-state index contributed by atoms with van der Waals surface area (Å²) >= 11 is 1.49. The average molecular weight is 369 g/mol. The topological polar surface area (TPSA) is 50.2 Å². The van der Waals surface area contributed by atoms with Crippen molar-refractivity contribution in [1.82, 2.24) is 19.8 Å². The third kappa shape index (κ3) is 3.66. The van der Waals surface area contributed by atoms with Crippen LogP contribution in [0.4, 0.5) is 0 Å². The molecular weight excluding hydrogens is 344 g/mol. The van der Waals surface area contributed by atoms with Crippen molar-refractivity contribution in [3.05, 3.63) is 52.5 Å². The predicted octanol–water partition coefficient (Wildman–Crippen LogP) is 3.28. The summed E-state index contributed by atoms with van der Waals surface area (Å²) in [7, 11) is 2.09. The lowest BCUT2D eigenvalue weighted by atomic mass is 9.98. The second-order valence-corrected chi connectivity index (χ2v) is 7.95. The van der Waals surface area contributed by atoms with Crippen molar-refractivity contribution in [2.75, 3.05) is 19.6 Å². The third-order valence-corrected chi connectivity index (χ3v) is 6.01. The van der Waals surface area contributed by atoms with E-state index in [2.05, 4.69) is 40.0 Å². The van der Waals surface area contributed by atoms with Gasteiger partial charge in [0, 0.05) is 20.1 Å². The van der Waals surface area contributed by atoms with E-state index in [1.807, 2.05) is 23.6 Å². The van der Waals surface area contributed by atoms with Crippen LogP contribution < -0.4 is 5.32 Å². The van der Waals surface area contributed by atoms with E-state index in [9.17, 15) is 4.79 Å². The Labute approximate surface area is 157 Å². The van der Waals surface area contributed by atoms with Gasteiger partial charge in [-0.1, -0.05) is 18.2 Å². The minimum atomic E-state index is 0.0486. The highest BCUT2D eigenvalue weighted by molar-refractivity contribution is 7.12. The maximum absolute atomic E-state index is 12.1. The van der Waals surface area contributed by atoms with Crippen molar-refractivity contribution in [3.63, 3.8) is 0 Å². The molecule has 1 fully saturated rings. The number of thiophene rings is 1. The Bertz CT molecular complexity index is 886. The van der Waals surface area contributed by atoms with Crippen LogP contribution in [0.5, 0.6) is 0 Å². The normalized spacial score (nSPS) is 18.3. The quantitative estimate of drug-likeness (QED) is 0.752. The number of fused-ring (bicyclic) bond motifs is 1. The molecule has 4 rings (SSSR count). The number of amides is 1. The number of rotatable bonds is 5. The molecule has 1 atom stereocenters. The largest absolute Gasteiger partial charge is 0.351 e. The maximum atomic E-state index is 12.1. The molecule has 0 radical (unpaired) electrons. The molecule has 3 aromatic rings. The molecule has 1 saturated heterocycles. The van der Waals surface area contributed by atoms with Crippen molar-refractivity contribution in [2.24, 2.45) is 13.0 Å². The molecule has 0 saturated carbocycles. The third-order valence-electron chi connectivity index (χ3n) is 5.14. The van der Waals surface area contributed by atoms with Gasteiger partial charge in [-0.25, -0.2) is 4.98 Å². The number of nitrogens with zero attached hydrogens (tertiary/aromatic N) is 3. The summed E-state index contributed by atoms with van der Waals surface area (Å²) in [6.07, 6.45) is 2.34. The van der Waals surface area contributed by atoms with Crippen molar-refractivity contribution >= 4 is 28.3 Å². The molecule has 26 heavy (non-hydrogen) atoms.